The Balaban J connectivity index is 2.17. The molecule has 0 bridgehead atoms. The topological polar surface area (TPSA) is 39.7 Å². The van der Waals surface area contributed by atoms with E-state index in [-0.39, 0.29) is 0 Å². The molecule has 1 rings (SSSR count). The van der Waals surface area contributed by atoms with Crippen molar-refractivity contribution in [3.05, 3.63) is 0 Å². The predicted molar refractivity (Wildman–Crippen MR) is 92.9 cm³/mol. The van der Waals surface area contributed by atoms with Crippen molar-refractivity contribution < 1.29 is 0 Å². The fourth-order valence-electron chi connectivity index (χ4n) is 2.94. The molecule has 1 aliphatic heterocycles. The highest BCUT2D eigenvalue weighted by Crippen LogP contribution is 2.09. The third-order valence-electron chi connectivity index (χ3n) is 4.23. The van der Waals surface area contributed by atoms with E-state index < -0.39 is 0 Å². The van der Waals surface area contributed by atoms with Gasteiger partial charge >= 0.3 is 0 Å². The number of nitrogens with one attached hydrogen (secondary N) is 2. The van der Waals surface area contributed by atoms with Crippen molar-refractivity contribution in [2.75, 3.05) is 33.2 Å². The summed E-state index contributed by atoms with van der Waals surface area (Å²) >= 11 is 0. The highest BCUT2D eigenvalue weighted by Gasteiger charge is 2.15. The molecule has 124 valence electrons. The van der Waals surface area contributed by atoms with E-state index in [1.165, 1.54) is 58.2 Å². The minimum Gasteiger partial charge on any atom is -0.356 e. The van der Waals surface area contributed by atoms with Crippen molar-refractivity contribution in [2.24, 2.45) is 10.9 Å². The van der Waals surface area contributed by atoms with Crippen LogP contribution in [0, 0.1) is 5.92 Å². The number of guanidine groups is 1. The molecule has 2 unspecified atom stereocenters. The molecule has 0 saturated carbocycles. The van der Waals surface area contributed by atoms with Gasteiger partial charge in [0.05, 0.1) is 0 Å². The van der Waals surface area contributed by atoms with Gasteiger partial charge in [-0.15, -0.1) is 0 Å². The standard InChI is InChI=1S/C17H36N4/c1-5-6-7-10-16(3)20-17(18-4)19-13-15(2)14-21-11-8-9-12-21/h15-16H,5-14H2,1-4H3,(H2,18,19,20). The normalized spacial score (nSPS) is 19.5. The molecule has 0 aromatic rings. The first-order chi connectivity index (χ1) is 10.2. The zero-order valence-corrected chi connectivity index (χ0v) is 14.6. The van der Waals surface area contributed by atoms with Crippen LogP contribution in [0.3, 0.4) is 0 Å². The van der Waals surface area contributed by atoms with Crippen LogP contribution in [0.5, 0.6) is 0 Å². The number of rotatable bonds is 9. The summed E-state index contributed by atoms with van der Waals surface area (Å²) < 4.78 is 0. The van der Waals surface area contributed by atoms with Gasteiger partial charge in [0.25, 0.3) is 0 Å². The molecule has 1 saturated heterocycles. The molecule has 0 aromatic carbocycles. The fourth-order valence-corrected chi connectivity index (χ4v) is 2.94. The lowest BCUT2D eigenvalue weighted by molar-refractivity contribution is 0.287. The molecule has 1 fully saturated rings. The number of likely N-dealkylation sites (tertiary alicyclic amines) is 1. The van der Waals surface area contributed by atoms with Crippen molar-refractivity contribution in [3.8, 4) is 0 Å². The largest absolute Gasteiger partial charge is 0.356 e. The lowest BCUT2D eigenvalue weighted by atomic mass is 10.1. The Bertz CT molecular complexity index is 285. The van der Waals surface area contributed by atoms with Crippen molar-refractivity contribution in [3.63, 3.8) is 0 Å². The first-order valence-electron chi connectivity index (χ1n) is 8.85. The Kier molecular flexibility index (Phi) is 9.48. The maximum Gasteiger partial charge on any atom is 0.191 e. The molecule has 0 aromatic heterocycles. The summed E-state index contributed by atoms with van der Waals surface area (Å²) in [6.45, 7) is 11.6. The summed E-state index contributed by atoms with van der Waals surface area (Å²) in [5.41, 5.74) is 0. The van der Waals surface area contributed by atoms with E-state index >= 15 is 0 Å². The van der Waals surface area contributed by atoms with Gasteiger partial charge in [-0.1, -0.05) is 33.1 Å². The Morgan fingerprint density at radius 3 is 2.52 bits per heavy atom. The SMILES string of the molecule is CCCCCC(C)NC(=NC)NCC(C)CN1CCCC1. The molecule has 1 heterocycles. The molecule has 0 radical (unpaired) electrons. The molecular weight excluding hydrogens is 260 g/mol. The lowest BCUT2D eigenvalue weighted by Gasteiger charge is -2.23. The van der Waals surface area contributed by atoms with Crippen molar-refractivity contribution in [1.29, 1.82) is 0 Å². The summed E-state index contributed by atoms with van der Waals surface area (Å²) in [6, 6.07) is 0.497. The molecule has 4 nitrogen and oxygen atoms in total. The van der Waals surface area contributed by atoms with Crippen LogP contribution in [0.25, 0.3) is 0 Å². The van der Waals surface area contributed by atoms with Gasteiger partial charge in [0.15, 0.2) is 5.96 Å². The molecule has 2 atom stereocenters. The lowest BCUT2D eigenvalue weighted by Crippen LogP contribution is -2.44. The van der Waals surface area contributed by atoms with Gasteiger partial charge < -0.3 is 15.5 Å². The molecular formula is C17H36N4. The summed E-state index contributed by atoms with van der Waals surface area (Å²) in [5.74, 6) is 1.62. The van der Waals surface area contributed by atoms with E-state index in [0.717, 1.165) is 12.5 Å². The summed E-state index contributed by atoms with van der Waals surface area (Å²) in [7, 11) is 1.86. The second kappa shape index (κ2) is 10.9. The van der Waals surface area contributed by atoms with E-state index in [0.29, 0.717) is 12.0 Å². The van der Waals surface area contributed by atoms with Crippen molar-refractivity contribution in [2.45, 2.75) is 65.3 Å². The van der Waals surface area contributed by atoms with E-state index in [2.05, 4.69) is 41.3 Å². The third kappa shape index (κ3) is 8.30. The van der Waals surface area contributed by atoms with Crippen LogP contribution in [0.1, 0.15) is 59.3 Å². The van der Waals surface area contributed by atoms with Crippen molar-refractivity contribution in [1.82, 2.24) is 15.5 Å². The maximum atomic E-state index is 4.34. The molecule has 1 aliphatic rings. The van der Waals surface area contributed by atoms with Crippen molar-refractivity contribution >= 4 is 5.96 Å². The van der Waals surface area contributed by atoms with Crippen LogP contribution in [-0.4, -0.2) is 50.1 Å². The third-order valence-corrected chi connectivity index (χ3v) is 4.23. The second-order valence-corrected chi connectivity index (χ2v) is 6.61. The molecule has 0 spiro atoms. The van der Waals surface area contributed by atoms with Crippen LogP contribution >= 0.6 is 0 Å². The predicted octanol–water partition coefficient (Wildman–Crippen LogP) is 2.85. The first-order valence-corrected chi connectivity index (χ1v) is 8.85. The van der Waals surface area contributed by atoms with Gasteiger partial charge in [0.2, 0.25) is 0 Å². The zero-order valence-electron chi connectivity index (χ0n) is 14.6. The molecule has 4 heteroatoms. The molecule has 2 N–H and O–H groups in total. The van der Waals surface area contributed by atoms with Crippen LogP contribution in [0.2, 0.25) is 0 Å². The smallest absolute Gasteiger partial charge is 0.191 e. The summed E-state index contributed by atoms with van der Waals surface area (Å²) in [6.07, 6.45) is 7.88. The van der Waals surface area contributed by atoms with Crippen LogP contribution in [0.4, 0.5) is 0 Å². The Labute approximate surface area is 131 Å². The van der Waals surface area contributed by atoms with E-state index in [1.54, 1.807) is 0 Å². The quantitative estimate of drug-likeness (QED) is 0.390. The number of aliphatic imine (C=N–C) groups is 1. The second-order valence-electron chi connectivity index (χ2n) is 6.61. The van der Waals surface area contributed by atoms with Crippen LogP contribution < -0.4 is 10.6 Å². The monoisotopic (exact) mass is 296 g/mol. The fraction of sp³-hybridized carbons (Fsp3) is 0.941. The first kappa shape index (κ1) is 18.3. The highest BCUT2D eigenvalue weighted by molar-refractivity contribution is 5.79. The van der Waals surface area contributed by atoms with Gasteiger partial charge in [-0.25, -0.2) is 0 Å². The number of nitrogens with zero attached hydrogens (tertiary/aromatic N) is 2. The molecule has 0 aliphatic carbocycles. The summed E-state index contributed by atoms with van der Waals surface area (Å²) in [4.78, 5) is 6.92. The Morgan fingerprint density at radius 2 is 1.90 bits per heavy atom. The average Bonchev–Trinajstić information content (AvgIpc) is 2.96. The van der Waals surface area contributed by atoms with Gasteiger partial charge in [-0.05, 0) is 45.2 Å². The highest BCUT2D eigenvalue weighted by atomic mass is 15.2. The van der Waals surface area contributed by atoms with Gasteiger partial charge in [-0.3, -0.25) is 4.99 Å². The number of unbranched alkanes of at least 4 members (excludes halogenated alkanes) is 2. The van der Waals surface area contributed by atoms with Gasteiger partial charge in [0.1, 0.15) is 0 Å². The van der Waals surface area contributed by atoms with E-state index in [1.807, 2.05) is 7.05 Å². The van der Waals surface area contributed by atoms with Crippen LogP contribution in [-0.2, 0) is 0 Å². The Morgan fingerprint density at radius 1 is 1.19 bits per heavy atom. The summed E-state index contributed by atoms with van der Waals surface area (Å²) in [5, 5.41) is 6.98. The van der Waals surface area contributed by atoms with Gasteiger partial charge in [-0.2, -0.15) is 0 Å². The molecule has 21 heavy (non-hydrogen) atoms. The minimum absolute atomic E-state index is 0.497. The minimum atomic E-state index is 0.497. The number of hydrogen-bond acceptors (Lipinski definition) is 2. The van der Waals surface area contributed by atoms with E-state index in [4.69, 9.17) is 0 Å². The number of hydrogen-bond donors (Lipinski definition) is 2. The van der Waals surface area contributed by atoms with E-state index in [9.17, 15) is 0 Å². The van der Waals surface area contributed by atoms with Crippen LogP contribution in [0.15, 0.2) is 4.99 Å². The Hall–Kier alpha value is -0.770. The molecule has 0 amide bonds. The maximum absolute atomic E-state index is 4.34. The van der Waals surface area contributed by atoms with Gasteiger partial charge in [0, 0.05) is 26.2 Å². The zero-order chi connectivity index (χ0) is 15.5. The average molecular weight is 297 g/mol.